The SMILES string of the molecule is CCC(=O)CC(=O)c1ccccc1C. The van der Waals surface area contributed by atoms with Gasteiger partial charge in [0.15, 0.2) is 5.78 Å². The number of carbonyl (C=O) groups is 2. The molecule has 0 saturated carbocycles. The lowest BCUT2D eigenvalue weighted by Crippen LogP contribution is -2.08. The average Bonchev–Trinajstić information content (AvgIpc) is 2.18. The van der Waals surface area contributed by atoms with Crippen LogP contribution < -0.4 is 0 Å². The standard InChI is InChI=1S/C12H14O2/c1-3-10(13)8-12(14)11-7-5-4-6-9(11)2/h4-7H,3,8H2,1-2H3. The molecule has 0 spiro atoms. The predicted molar refractivity (Wildman–Crippen MR) is 55.4 cm³/mol. The monoisotopic (exact) mass is 190 g/mol. The van der Waals surface area contributed by atoms with Gasteiger partial charge in [-0.3, -0.25) is 9.59 Å². The first-order chi connectivity index (χ1) is 6.65. The molecule has 0 aliphatic heterocycles. The molecule has 0 atom stereocenters. The number of hydrogen-bond acceptors (Lipinski definition) is 2. The summed E-state index contributed by atoms with van der Waals surface area (Å²) in [5, 5.41) is 0. The number of rotatable bonds is 4. The van der Waals surface area contributed by atoms with Crippen LogP contribution in [0.1, 0.15) is 35.7 Å². The van der Waals surface area contributed by atoms with Crippen LogP contribution in [0.4, 0.5) is 0 Å². The maximum absolute atomic E-state index is 11.6. The molecule has 1 aromatic rings. The Morgan fingerprint density at radius 2 is 1.86 bits per heavy atom. The molecule has 0 heterocycles. The van der Waals surface area contributed by atoms with E-state index in [4.69, 9.17) is 0 Å². The summed E-state index contributed by atoms with van der Waals surface area (Å²) in [5.41, 5.74) is 1.59. The molecule has 0 fully saturated rings. The smallest absolute Gasteiger partial charge is 0.170 e. The Morgan fingerprint density at radius 1 is 1.21 bits per heavy atom. The topological polar surface area (TPSA) is 34.1 Å². The summed E-state index contributed by atoms with van der Waals surface area (Å²) in [6, 6.07) is 7.34. The minimum atomic E-state index is -0.0741. The molecule has 1 aromatic carbocycles. The van der Waals surface area contributed by atoms with Gasteiger partial charge in [0.1, 0.15) is 5.78 Å². The van der Waals surface area contributed by atoms with Crippen molar-refractivity contribution < 1.29 is 9.59 Å². The highest BCUT2D eigenvalue weighted by Crippen LogP contribution is 2.10. The molecule has 1 rings (SSSR count). The van der Waals surface area contributed by atoms with Crippen LogP contribution in [0.15, 0.2) is 24.3 Å². The molecule has 0 aliphatic carbocycles. The third-order valence-corrected chi connectivity index (χ3v) is 2.20. The largest absolute Gasteiger partial charge is 0.299 e. The van der Waals surface area contributed by atoms with Gasteiger partial charge >= 0.3 is 0 Å². The molecule has 0 amide bonds. The van der Waals surface area contributed by atoms with Gasteiger partial charge in [-0.25, -0.2) is 0 Å². The lowest BCUT2D eigenvalue weighted by Gasteiger charge is -2.02. The van der Waals surface area contributed by atoms with Crippen LogP contribution in [0.25, 0.3) is 0 Å². The molecule has 74 valence electrons. The van der Waals surface area contributed by atoms with E-state index in [0.717, 1.165) is 5.56 Å². The van der Waals surface area contributed by atoms with E-state index in [0.29, 0.717) is 12.0 Å². The Kier molecular flexibility index (Phi) is 3.57. The van der Waals surface area contributed by atoms with Crippen LogP contribution in [0, 0.1) is 6.92 Å². The minimum Gasteiger partial charge on any atom is -0.299 e. The van der Waals surface area contributed by atoms with E-state index >= 15 is 0 Å². The van der Waals surface area contributed by atoms with Crippen molar-refractivity contribution in [3.8, 4) is 0 Å². The molecule has 0 N–H and O–H groups in total. The lowest BCUT2D eigenvalue weighted by molar-refractivity contribution is -0.117. The van der Waals surface area contributed by atoms with E-state index < -0.39 is 0 Å². The second kappa shape index (κ2) is 4.70. The molecule has 14 heavy (non-hydrogen) atoms. The molecule has 0 bridgehead atoms. The van der Waals surface area contributed by atoms with Crippen LogP contribution in [-0.4, -0.2) is 11.6 Å². The van der Waals surface area contributed by atoms with Crippen LogP contribution in [0.5, 0.6) is 0 Å². The molecule has 0 unspecified atom stereocenters. The van der Waals surface area contributed by atoms with Crippen LogP contribution in [0.3, 0.4) is 0 Å². The summed E-state index contributed by atoms with van der Waals surface area (Å²) in [6.45, 7) is 3.65. The zero-order valence-electron chi connectivity index (χ0n) is 8.54. The first-order valence-corrected chi connectivity index (χ1v) is 4.75. The molecule has 0 aliphatic rings. The summed E-state index contributed by atoms with van der Waals surface area (Å²) in [6.07, 6.45) is 0.457. The van der Waals surface area contributed by atoms with Crippen molar-refractivity contribution in [2.45, 2.75) is 26.7 Å². The molecular formula is C12H14O2. The number of hydrogen-bond donors (Lipinski definition) is 0. The number of benzene rings is 1. The molecule has 2 heteroatoms. The van der Waals surface area contributed by atoms with E-state index in [1.165, 1.54) is 0 Å². The van der Waals surface area contributed by atoms with Crippen molar-refractivity contribution in [3.63, 3.8) is 0 Å². The van der Waals surface area contributed by atoms with Gasteiger partial charge in [0.05, 0.1) is 6.42 Å². The van der Waals surface area contributed by atoms with E-state index in [2.05, 4.69) is 0 Å². The Morgan fingerprint density at radius 3 is 2.43 bits per heavy atom. The molecule has 0 saturated heterocycles. The van der Waals surface area contributed by atoms with Crippen molar-refractivity contribution in [1.29, 1.82) is 0 Å². The zero-order valence-corrected chi connectivity index (χ0v) is 8.54. The van der Waals surface area contributed by atoms with Crippen LogP contribution >= 0.6 is 0 Å². The Balaban J connectivity index is 2.80. The van der Waals surface area contributed by atoms with Crippen molar-refractivity contribution in [2.75, 3.05) is 0 Å². The third kappa shape index (κ3) is 2.52. The summed E-state index contributed by atoms with van der Waals surface area (Å²) in [4.78, 5) is 22.7. The predicted octanol–water partition coefficient (Wildman–Crippen LogP) is 2.55. The fourth-order valence-corrected chi connectivity index (χ4v) is 1.29. The number of Topliss-reactive ketones (excluding diaryl/α,β-unsaturated/α-hetero) is 2. The second-order valence-electron chi connectivity index (χ2n) is 3.31. The summed E-state index contributed by atoms with van der Waals surface area (Å²) >= 11 is 0. The molecule has 0 radical (unpaired) electrons. The Bertz CT molecular complexity index is 353. The quantitative estimate of drug-likeness (QED) is 0.540. The van der Waals surface area contributed by atoms with Gasteiger partial charge in [-0.05, 0) is 12.5 Å². The van der Waals surface area contributed by atoms with Gasteiger partial charge in [-0.1, -0.05) is 31.2 Å². The molecule has 0 aromatic heterocycles. The van der Waals surface area contributed by atoms with Crippen molar-refractivity contribution >= 4 is 11.6 Å². The van der Waals surface area contributed by atoms with Crippen molar-refractivity contribution in [1.82, 2.24) is 0 Å². The number of aryl methyl sites for hydroxylation is 1. The Hall–Kier alpha value is -1.44. The average molecular weight is 190 g/mol. The van der Waals surface area contributed by atoms with Gasteiger partial charge in [0.25, 0.3) is 0 Å². The molecular weight excluding hydrogens is 176 g/mol. The third-order valence-electron chi connectivity index (χ3n) is 2.20. The van der Waals surface area contributed by atoms with Crippen molar-refractivity contribution in [2.24, 2.45) is 0 Å². The highest BCUT2D eigenvalue weighted by atomic mass is 16.1. The van der Waals surface area contributed by atoms with Crippen LogP contribution in [0.2, 0.25) is 0 Å². The van der Waals surface area contributed by atoms with Crippen molar-refractivity contribution in [3.05, 3.63) is 35.4 Å². The zero-order chi connectivity index (χ0) is 10.6. The number of carbonyl (C=O) groups excluding carboxylic acids is 2. The maximum Gasteiger partial charge on any atom is 0.170 e. The van der Waals surface area contributed by atoms with Gasteiger partial charge in [-0.2, -0.15) is 0 Å². The van der Waals surface area contributed by atoms with Gasteiger partial charge < -0.3 is 0 Å². The van der Waals surface area contributed by atoms with E-state index in [-0.39, 0.29) is 18.0 Å². The highest BCUT2D eigenvalue weighted by Gasteiger charge is 2.11. The Labute approximate surface area is 83.9 Å². The minimum absolute atomic E-state index is 0.00162. The van der Waals surface area contributed by atoms with E-state index in [9.17, 15) is 9.59 Å². The summed E-state index contributed by atoms with van der Waals surface area (Å²) in [7, 11) is 0. The van der Waals surface area contributed by atoms with Gasteiger partial charge in [-0.15, -0.1) is 0 Å². The normalized spacial score (nSPS) is 9.86. The first kappa shape index (κ1) is 10.6. The van der Waals surface area contributed by atoms with Gasteiger partial charge in [0.2, 0.25) is 0 Å². The van der Waals surface area contributed by atoms with Gasteiger partial charge in [0, 0.05) is 12.0 Å². The first-order valence-electron chi connectivity index (χ1n) is 4.75. The second-order valence-corrected chi connectivity index (χ2v) is 3.31. The fourth-order valence-electron chi connectivity index (χ4n) is 1.29. The number of ketones is 2. The van der Waals surface area contributed by atoms with Crippen LogP contribution in [-0.2, 0) is 4.79 Å². The lowest BCUT2D eigenvalue weighted by atomic mass is 10.0. The fraction of sp³-hybridized carbons (Fsp3) is 0.333. The summed E-state index contributed by atoms with van der Waals surface area (Å²) in [5.74, 6) is -0.0757. The maximum atomic E-state index is 11.6. The van der Waals surface area contributed by atoms with E-state index in [1.807, 2.05) is 25.1 Å². The molecule has 2 nitrogen and oxygen atoms in total. The highest BCUT2D eigenvalue weighted by molar-refractivity contribution is 6.08. The summed E-state index contributed by atoms with van der Waals surface area (Å²) < 4.78 is 0. The van der Waals surface area contributed by atoms with E-state index in [1.54, 1.807) is 13.0 Å².